The molecule has 0 radical (unpaired) electrons. The summed E-state index contributed by atoms with van der Waals surface area (Å²) < 4.78 is 12.0. The van der Waals surface area contributed by atoms with Crippen molar-refractivity contribution in [1.82, 2.24) is 0 Å². The molecule has 0 amide bonds. The molecular weight excluding hydrogens is 360 g/mol. The number of hydrogen-bond acceptors (Lipinski definition) is 3. The Morgan fingerprint density at radius 3 is 2.38 bits per heavy atom. The van der Waals surface area contributed by atoms with E-state index in [1.54, 1.807) is 6.26 Å². The molecule has 0 aliphatic heterocycles. The highest BCUT2D eigenvalue weighted by molar-refractivity contribution is 5.83. The van der Waals surface area contributed by atoms with Gasteiger partial charge in [-0.2, -0.15) is 0 Å². The monoisotopic (exact) mass is 384 g/mol. The van der Waals surface area contributed by atoms with Crippen LogP contribution in [-0.2, 0) is 13.0 Å². The van der Waals surface area contributed by atoms with Crippen LogP contribution < -0.4 is 10.2 Å². The minimum atomic E-state index is -0.00944. The third-order valence-corrected chi connectivity index (χ3v) is 5.08. The van der Waals surface area contributed by atoms with E-state index in [0.29, 0.717) is 23.1 Å². The molecule has 4 rings (SSSR count). The summed E-state index contributed by atoms with van der Waals surface area (Å²) in [5.41, 5.74) is 4.14. The number of ether oxygens (including phenoxy) is 1. The highest BCUT2D eigenvalue weighted by Crippen LogP contribution is 2.29. The maximum atomic E-state index is 13.1. The van der Waals surface area contributed by atoms with Gasteiger partial charge in [0.1, 0.15) is 24.2 Å². The zero-order valence-electron chi connectivity index (χ0n) is 16.6. The van der Waals surface area contributed by atoms with Gasteiger partial charge in [0.25, 0.3) is 0 Å². The number of aryl methyl sites for hydroxylation is 1. The van der Waals surface area contributed by atoms with Gasteiger partial charge in [0, 0.05) is 6.07 Å². The summed E-state index contributed by atoms with van der Waals surface area (Å²) in [5.74, 6) is 0.783. The maximum Gasteiger partial charge on any atom is 0.200 e. The molecule has 0 bridgehead atoms. The topological polar surface area (TPSA) is 39.4 Å². The third-order valence-electron chi connectivity index (χ3n) is 5.08. The van der Waals surface area contributed by atoms with E-state index in [2.05, 4.69) is 6.92 Å². The van der Waals surface area contributed by atoms with E-state index < -0.39 is 0 Å². The number of hydrogen-bond donors (Lipinski definition) is 0. The van der Waals surface area contributed by atoms with Crippen LogP contribution >= 0.6 is 0 Å². The molecule has 0 spiro atoms. The lowest BCUT2D eigenvalue weighted by Crippen LogP contribution is -2.07. The average molecular weight is 384 g/mol. The van der Waals surface area contributed by atoms with Crippen molar-refractivity contribution >= 4 is 11.0 Å². The minimum Gasteiger partial charge on any atom is -0.488 e. The smallest absolute Gasteiger partial charge is 0.200 e. The standard InChI is InChI=1S/C26H24O3/c1-2-3-12-21-15-22-25(16-24(21)28-17-19-10-6-4-7-11-19)29-18-23(26(22)27)20-13-8-5-9-14-20/h4-11,13-16,18H,2-3,12,17H2,1H3. The molecule has 0 aliphatic rings. The second-order valence-electron chi connectivity index (χ2n) is 7.18. The first kappa shape index (κ1) is 19.0. The van der Waals surface area contributed by atoms with Gasteiger partial charge in [0.15, 0.2) is 0 Å². The Morgan fingerprint density at radius 1 is 0.931 bits per heavy atom. The molecule has 0 unspecified atom stereocenters. The maximum absolute atomic E-state index is 13.1. The van der Waals surface area contributed by atoms with E-state index >= 15 is 0 Å². The summed E-state index contributed by atoms with van der Waals surface area (Å²) in [5, 5.41) is 0.601. The number of benzene rings is 3. The third kappa shape index (κ3) is 4.24. The predicted molar refractivity (Wildman–Crippen MR) is 117 cm³/mol. The van der Waals surface area contributed by atoms with Crippen molar-refractivity contribution in [2.24, 2.45) is 0 Å². The van der Waals surface area contributed by atoms with Crippen LogP contribution in [0.15, 0.2) is 88.3 Å². The second-order valence-corrected chi connectivity index (χ2v) is 7.18. The van der Waals surface area contributed by atoms with Gasteiger partial charge in [0.05, 0.1) is 10.9 Å². The molecule has 0 saturated heterocycles. The van der Waals surface area contributed by atoms with Crippen molar-refractivity contribution in [2.75, 3.05) is 0 Å². The lowest BCUT2D eigenvalue weighted by atomic mass is 10.0. The van der Waals surface area contributed by atoms with Crippen LogP contribution in [0.2, 0.25) is 0 Å². The van der Waals surface area contributed by atoms with Crippen LogP contribution in [0.1, 0.15) is 30.9 Å². The zero-order valence-corrected chi connectivity index (χ0v) is 16.6. The minimum absolute atomic E-state index is 0.00944. The van der Waals surface area contributed by atoms with Crippen molar-refractivity contribution in [3.05, 3.63) is 100 Å². The van der Waals surface area contributed by atoms with Crippen LogP contribution in [0.5, 0.6) is 5.75 Å². The van der Waals surface area contributed by atoms with Crippen molar-refractivity contribution in [3.63, 3.8) is 0 Å². The molecule has 3 heteroatoms. The molecule has 3 nitrogen and oxygen atoms in total. The molecule has 0 aliphatic carbocycles. The molecule has 29 heavy (non-hydrogen) atoms. The molecule has 1 heterocycles. The number of rotatable bonds is 7. The Bertz CT molecular complexity index is 1150. The molecule has 4 aromatic rings. The summed E-state index contributed by atoms with van der Waals surface area (Å²) >= 11 is 0. The summed E-state index contributed by atoms with van der Waals surface area (Å²) in [4.78, 5) is 13.1. The Balaban J connectivity index is 1.74. The van der Waals surface area contributed by atoms with Crippen LogP contribution in [0.3, 0.4) is 0 Å². The summed E-state index contributed by atoms with van der Waals surface area (Å²) in [6, 6.07) is 23.5. The highest BCUT2D eigenvalue weighted by atomic mass is 16.5. The lowest BCUT2D eigenvalue weighted by Gasteiger charge is -2.13. The summed E-state index contributed by atoms with van der Waals surface area (Å²) in [7, 11) is 0. The van der Waals surface area contributed by atoms with E-state index in [9.17, 15) is 4.79 Å². The normalized spacial score (nSPS) is 10.9. The Hall–Kier alpha value is -3.33. The van der Waals surface area contributed by atoms with Crippen molar-refractivity contribution in [2.45, 2.75) is 32.8 Å². The first-order chi connectivity index (χ1) is 14.3. The zero-order chi connectivity index (χ0) is 20.1. The summed E-state index contributed by atoms with van der Waals surface area (Å²) in [6.45, 7) is 2.64. The van der Waals surface area contributed by atoms with Gasteiger partial charge in [-0.25, -0.2) is 0 Å². The van der Waals surface area contributed by atoms with E-state index in [4.69, 9.17) is 9.15 Å². The molecule has 0 N–H and O–H groups in total. The van der Waals surface area contributed by atoms with Gasteiger partial charge in [-0.15, -0.1) is 0 Å². The van der Waals surface area contributed by atoms with E-state index in [1.165, 1.54) is 0 Å². The van der Waals surface area contributed by atoms with E-state index in [1.807, 2.05) is 72.8 Å². The molecule has 0 fully saturated rings. The van der Waals surface area contributed by atoms with Crippen molar-refractivity contribution in [3.8, 4) is 16.9 Å². The molecule has 0 atom stereocenters. The Morgan fingerprint density at radius 2 is 1.66 bits per heavy atom. The SMILES string of the molecule is CCCCc1cc2c(=O)c(-c3ccccc3)coc2cc1OCc1ccccc1. The van der Waals surface area contributed by atoms with Gasteiger partial charge in [0.2, 0.25) is 5.43 Å². The van der Waals surface area contributed by atoms with Gasteiger partial charge in [-0.1, -0.05) is 74.0 Å². The molecule has 3 aromatic carbocycles. The molecule has 1 aromatic heterocycles. The molecule has 146 valence electrons. The fraction of sp³-hybridized carbons (Fsp3) is 0.192. The van der Waals surface area contributed by atoms with E-state index in [-0.39, 0.29) is 5.43 Å². The van der Waals surface area contributed by atoms with Gasteiger partial charge in [-0.05, 0) is 35.6 Å². The number of fused-ring (bicyclic) bond motifs is 1. The van der Waals surface area contributed by atoms with Crippen LogP contribution in [0.4, 0.5) is 0 Å². The molecule has 0 saturated carbocycles. The fourth-order valence-electron chi connectivity index (χ4n) is 3.45. The van der Waals surface area contributed by atoms with Crippen molar-refractivity contribution in [1.29, 1.82) is 0 Å². The average Bonchev–Trinajstić information content (AvgIpc) is 2.78. The second kappa shape index (κ2) is 8.78. The largest absolute Gasteiger partial charge is 0.488 e. The van der Waals surface area contributed by atoms with E-state index in [0.717, 1.165) is 41.7 Å². The van der Waals surface area contributed by atoms with Crippen LogP contribution in [-0.4, -0.2) is 0 Å². The van der Waals surface area contributed by atoms with Crippen LogP contribution in [0, 0.1) is 0 Å². The highest BCUT2D eigenvalue weighted by Gasteiger charge is 2.14. The first-order valence-electron chi connectivity index (χ1n) is 10.1. The summed E-state index contributed by atoms with van der Waals surface area (Å²) in [6.07, 6.45) is 4.53. The van der Waals surface area contributed by atoms with Gasteiger partial charge < -0.3 is 9.15 Å². The quantitative estimate of drug-likeness (QED) is 0.371. The first-order valence-corrected chi connectivity index (χ1v) is 10.1. The predicted octanol–water partition coefficient (Wildman–Crippen LogP) is 6.38. The fourth-order valence-corrected chi connectivity index (χ4v) is 3.45. The van der Waals surface area contributed by atoms with Gasteiger partial charge >= 0.3 is 0 Å². The van der Waals surface area contributed by atoms with Gasteiger partial charge in [-0.3, -0.25) is 4.79 Å². The number of unbranched alkanes of at least 4 members (excludes halogenated alkanes) is 1. The molecular formula is C26H24O3. The Labute approximate surface area is 170 Å². The van der Waals surface area contributed by atoms with Crippen LogP contribution in [0.25, 0.3) is 22.1 Å². The lowest BCUT2D eigenvalue weighted by molar-refractivity contribution is 0.302. The van der Waals surface area contributed by atoms with Crippen molar-refractivity contribution < 1.29 is 9.15 Å². The Kier molecular flexibility index (Phi) is 5.76.